The van der Waals surface area contributed by atoms with Gasteiger partial charge in [0.25, 0.3) is 12.0 Å². The molecule has 38 heavy (non-hydrogen) atoms. The van der Waals surface area contributed by atoms with Gasteiger partial charge in [-0.15, -0.1) is 0 Å². The summed E-state index contributed by atoms with van der Waals surface area (Å²) in [5, 5.41) is 0. The summed E-state index contributed by atoms with van der Waals surface area (Å²) in [6.45, 7) is 4.84. The van der Waals surface area contributed by atoms with Crippen molar-refractivity contribution in [2.24, 2.45) is 0 Å². The number of ether oxygens (including phenoxy) is 2. The molecule has 0 aromatic carbocycles. The zero-order chi connectivity index (χ0) is 27.9. The molecule has 15 heteroatoms. The Morgan fingerprint density at radius 3 is 2.29 bits per heavy atom. The molecular formula is C23H31F6N5O4. The topological polar surface area (TPSA) is 80.1 Å². The molecule has 2 fully saturated rings. The number of piperidine rings is 1. The normalized spacial score (nSPS) is 21.2. The Labute approximate surface area is 215 Å². The third-order valence-corrected chi connectivity index (χ3v) is 7.69. The van der Waals surface area contributed by atoms with Gasteiger partial charge >= 0.3 is 18.4 Å². The van der Waals surface area contributed by atoms with Crippen LogP contribution in [-0.4, -0.2) is 106 Å². The summed E-state index contributed by atoms with van der Waals surface area (Å²) in [4.78, 5) is 35.0. The molecule has 0 aliphatic carbocycles. The number of carbonyl (C=O) groups is 2. The number of hydrogen-bond donors (Lipinski definition) is 0. The first-order valence-electron chi connectivity index (χ1n) is 12.5. The number of nitrogens with zero attached hydrogens (tertiary/aromatic N) is 5. The molecule has 2 amide bonds. The van der Waals surface area contributed by atoms with Gasteiger partial charge < -0.3 is 23.8 Å². The van der Waals surface area contributed by atoms with Gasteiger partial charge in [-0.2, -0.15) is 26.3 Å². The summed E-state index contributed by atoms with van der Waals surface area (Å²) in [6.07, 6.45) is -14.0. The van der Waals surface area contributed by atoms with Crippen LogP contribution in [0.15, 0.2) is 6.20 Å². The minimum absolute atomic E-state index is 0.128. The monoisotopic (exact) mass is 555 g/mol. The summed E-state index contributed by atoms with van der Waals surface area (Å²) in [5.41, 5.74) is -0.354. The Bertz CT molecular complexity index is 1010. The van der Waals surface area contributed by atoms with Gasteiger partial charge in [0.05, 0.1) is 13.2 Å². The second kappa shape index (κ2) is 10.5. The molecule has 2 saturated heterocycles. The van der Waals surface area contributed by atoms with Gasteiger partial charge in [-0.25, -0.2) is 9.78 Å². The second-order valence-electron chi connectivity index (χ2n) is 10.1. The van der Waals surface area contributed by atoms with Crippen molar-refractivity contribution in [1.82, 2.24) is 24.3 Å². The Morgan fingerprint density at radius 2 is 1.68 bits per heavy atom. The van der Waals surface area contributed by atoms with Gasteiger partial charge in [-0.1, -0.05) is 0 Å². The molecule has 0 bridgehead atoms. The fraction of sp³-hybridized carbons (Fsp3) is 0.783. The molecule has 9 nitrogen and oxygen atoms in total. The van der Waals surface area contributed by atoms with Gasteiger partial charge in [0.1, 0.15) is 11.5 Å². The molecule has 0 saturated carbocycles. The number of hydrogen-bond acceptors (Lipinski definition) is 6. The Kier molecular flexibility index (Phi) is 7.90. The van der Waals surface area contributed by atoms with E-state index in [1.807, 2.05) is 4.57 Å². The van der Waals surface area contributed by atoms with Crippen LogP contribution >= 0.6 is 0 Å². The van der Waals surface area contributed by atoms with Crippen molar-refractivity contribution in [2.45, 2.75) is 75.7 Å². The van der Waals surface area contributed by atoms with E-state index in [2.05, 4.69) is 21.5 Å². The van der Waals surface area contributed by atoms with Crippen LogP contribution in [0, 0.1) is 0 Å². The fourth-order valence-corrected chi connectivity index (χ4v) is 5.61. The van der Waals surface area contributed by atoms with Crippen LogP contribution in [0.25, 0.3) is 0 Å². The maximum Gasteiger partial charge on any atom is 0.434 e. The lowest BCUT2D eigenvalue weighted by Gasteiger charge is -2.44. The van der Waals surface area contributed by atoms with Crippen LogP contribution < -0.4 is 0 Å². The Morgan fingerprint density at radius 1 is 1.03 bits per heavy atom. The average Bonchev–Trinajstić information content (AvgIpc) is 3.45. The summed E-state index contributed by atoms with van der Waals surface area (Å²) in [5.74, 6) is 0.489. The highest BCUT2D eigenvalue weighted by atomic mass is 19.4. The first kappa shape index (κ1) is 28.5. The Hall–Kier alpha value is -2.55. The molecular weight excluding hydrogens is 524 g/mol. The minimum atomic E-state index is -5.78. The first-order valence-corrected chi connectivity index (χ1v) is 12.5. The number of fused-ring (bicyclic) bond motifs is 1. The van der Waals surface area contributed by atoms with E-state index in [0.29, 0.717) is 44.8 Å². The molecule has 4 heterocycles. The lowest BCUT2D eigenvalue weighted by molar-refractivity contribution is -0.308. The molecule has 1 aromatic heterocycles. The number of carbonyl (C=O) groups excluding carboxylic acids is 2. The Balaban J connectivity index is 1.40. The third-order valence-electron chi connectivity index (χ3n) is 7.69. The van der Waals surface area contributed by atoms with Gasteiger partial charge in [-0.05, 0) is 32.6 Å². The van der Waals surface area contributed by atoms with E-state index in [1.165, 1.54) is 0 Å². The third kappa shape index (κ3) is 5.72. The van der Waals surface area contributed by atoms with Crippen molar-refractivity contribution in [3.63, 3.8) is 0 Å². The summed E-state index contributed by atoms with van der Waals surface area (Å²) in [7, 11) is 1.64. The maximum atomic E-state index is 13.5. The summed E-state index contributed by atoms with van der Waals surface area (Å²) < 4.78 is 87.7. The lowest BCUT2D eigenvalue weighted by atomic mass is 9.85. The minimum Gasteiger partial charge on any atom is -0.426 e. The van der Waals surface area contributed by atoms with E-state index in [1.54, 1.807) is 18.2 Å². The number of halogens is 6. The molecule has 0 radical (unpaired) electrons. The van der Waals surface area contributed by atoms with E-state index in [4.69, 9.17) is 4.74 Å². The van der Waals surface area contributed by atoms with E-state index in [9.17, 15) is 35.9 Å². The van der Waals surface area contributed by atoms with E-state index in [0.717, 1.165) is 17.3 Å². The molecule has 1 spiro atoms. The maximum absolute atomic E-state index is 13.5. The number of imidazole rings is 1. The fourth-order valence-electron chi connectivity index (χ4n) is 5.61. The largest absolute Gasteiger partial charge is 0.434 e. The van der Waals surface area contributed by atoms with Crippen LogP contribution in [0.3, 0.4) is 0 Å². The number of methoxy groups -OCH3 is 1. The summed E-state index contributed by atoms with van der Waals surface area (Å²) >= 11 is 0. The molecule has 214 valence electrons. The molecule has 1 unspecified atom stereocenters. The molecule has 4 rings (SSSR count). The number of alkyl halides is 6. The molecule has 0 N–H and O–H groups in total. The number of aromatic nitrogens is 2. The number of likely N-dealkylation sites (tertiary alicyclic amines) is 2. The van der Waals surface area contributed by atoms with Gasteiger partial charge in [-0.3, -0.25) is 9.69 Å². The van der Waals surface area contributed by atoms with Gasteiger partial charge in [0.2, 0.25) is 0 Å². The van der Waals surface area contributed by atoms with Crippen molar-refractivity contribution in [3.05, 3.63) is 17.7 Å². The van der Waals surface area contributed by atoms with E-state index >= 15 is 0 Å². The quantitative estimate of drug-likeness (QED) is 0.518. The SMILES string of the molecule is COCC(C)N1CCn2cc(C(=O)N3CCCC34CCN(C(=O)OC(C(F)(F)F)C(F)(F)F)CC4)nc2C1. The smallest absolute Gasteiger partial charge is 0.426 e. The zero-order valence-electron chi connectivity index (χ0n) is 21.1. The lowest BCUT2D eigenvalue weighted by Crippen LogP contribution is -2.56. The van der Waals surface area contributed by atoms with Crippen molar-refractivity contribution in [1.29, 1.82) is 0 Å². The zero-order valence-corrected chi connectivity index (χ0v) is 21.1. The van der Waals surface area contributed by atoms with E-state index in [-0.39, 0.29) is 37.9 Å². The molecule has 1 aromatic rings. The average molecular weight is 556 g/mol. The highest BCUT2D eigenvalue weighted by molar-refractivity contribution is 5.93. The molecule has 3 aliphatic heterocycles. The van der Waals surface area contributed by atoms with Crippen LogP contribution in [0.2, 0.25) is 0 Å². The van der Waals surface area contributed by atoms with Crippen molar-refractivity contribution >= 4 is 12.0 Å². The molecule has 1 atom stereocenters. The van der Waals surface area contributed by atoms with Gasteiger partial charge in [0.15, 0.2) is 0 Å². The highest BCUT2D eigenvalue weighted by Gasteiger charge is 2.60. The van der Waals surface area contributed by atoms with Crippen LogP contribution in [0.1, 0.15) is 48.9 Å². The van der Waals surface area contributed by atoms with Crippen molar-refractivity contribution < 1.29 is 45.4 Å². The van der Waals surface area contributed by atoms with Crippen molar-refractivity contribution in [2.75, 3.05) is 39.9 Å². The van der Waals surface area contributed by atoms with Crippen LogP contribution in [0.4, 0.5) is 31.1 Å². The first-order chi connectivity index (χ1) is 17.7. The highest BCUT2D eigenvalue weighted by Crippen LogP contribution is 2.40. The number of amides is 2. The molecule has 3 aliphatic rings. The van der Waals surface area contributed by atoms with E-state index < -0.39 is 30.1 Å². The summed E-state index contributed by atoms with van der Waals surface area (Å²) in [6, 6.07) is 0.186. The second-order valence-corrected chi connectivity index (χ2v) is 10.1. The standard InChI is InChI=1S/C23H31F6N5O4/c1-15(14-37-2)32-10-11-33-12-16(30-17(33)13-32)18(35)34-7-3-4-21(34)5-8-31(9-6-21)20(36)38-19(22(24,25)26)23(27,28)29/h12,15,19H,3-11,13-14H2,1-2H3. The predicted molar refractivity (Wildman–Crippen MR) is 120 cm³/mol. The van der Waals surface area contributed by atoms with Gasteiger partial charge in [0, 0.05) is 57.6 Å². The van der Waals surface area contributed by atoms with Crippen molar-refractivity contribution in [3.8, 4) is 0 Å². The van der Waals surface area contributed by atoms with Crippen LogP contribution in [0.5, 0.6) is 0 Å². The predicted octanol–water partition coefficient (Wildman–Crippen LogP) is 3.43. The van der Waals surface area contributed by atoms with Crippen LogP contribution in [-0.2, 0) is 22.6 Å². The number of rotatable bonds is 5.